The molecule has 0 bridgehead atoms. The van der Waals surface area contributed by atoms with Gasteiger partial charge in [0, 0.05) is 17.8 Å². The Kier molecular flexibility index (Phi) is 7.18. The Hall–Kier alpha value is -2.49. The molecular weight excluding hydrogens is 362 g/mol. The number of nitrogens with zero attached hydrogens (tertiary/aromatic N) is 1. The zero-order valence-electron chi connectivity index (χ0n) is 18.2. The van der Waals surface area contributed by atoms with E-state index >= 15 is 0 Å². The molecule has 0 radical (unpaired) electrons. The molecule has 4 nitrogen and oxygen atoms in total. The Labute approximate surface area is 174 Å². The van der Waals surface area contributed by atoms with Crippen LogP contribution in [-0.4, -0.2) is 25.7 Å². The summed E-state index contributed by atoms with van der Waals surface area (Å²) < 4.78 is 11.5. The normalized spacial score (nSPS) is 16.1. The van der Waals surface area contributed by atoms with Gasteiger partial charge in [0.25, 0.3) is 0 Å². The lowest BCUT2D eigenvalue weighted by Crippen LogP contribution is -2.38. The SMILES string of the molecule is CCc1cc(CC)c(N2CCC[C@H]2C(=O)OC)c(CC)c1OCc1ccccc1. The predicted octanol–water partition coefficient (Wildman–Crippen LogP) is 5.09. The van der Waals surface area contributed by atoms with Gasteiger partial charge in [-0.05, 0) is 48.8 Å². The zero-order chi connectivity index (χ0) is 20.8. The van der Waals surface area contributed by atoms with E-state index in [9.17, 15) is 4.79 Å². The minimum absolute atomic E-state index is 0.141. The summed E-state index contributed by atoms with van der Waals surface area (Å²) in [5.74, 6) is 0.847. The molecule has 0 N–H and O–H groups in total. The van der Waals surface area contributed by atoms with E-state index in [2.05, 4.69) is 43.9 Å². The molecular formula is C25H33NO3. The third kappa shape index (κ3) is 4.42. The van der Waals surface area contributed by atoms with Crippen molar-refractivity contribution >= 4 is 11.7 Å². The maximum Gasteiger partial charge on any atom is 0.328 e. The Balaban J connectivity index is 2.06. The van der Waals surface area contributed by atoms with E-state index in [1.807, 2.05) is 18.2 Å². The van der Waals surface area contributed by atoms with Crippen LogP contribution in [0.5, 0.6) is 5.75 Å². The molecule has 156 valence electrons. The smallest absolute Gasteiger partial charge is 0.328 e. The summed E-state index contributed by atoms with van der Waals surface area (Å²) in [7, 11) is 1.48. The molecule has 2 aromatic rings. The number of esters is 1. The van der Waals surface area contributed by atoms with Crippen LogP contribution in [0.1, 0.15) is 55.9 Å². The summed E-state index contributed by atoms with van der Waals surface area (Å²) in [6.07, 6.45) is 4.56. The molecule has 0 unspecified atom stereocenters. The molecule has 4 heteroatoms. The number of methoxy groups -OCH3 is 1. The van der Waals surface area contributed by atoms with Crippen molar-refractivity contribution in [3.63, 3.8) is 0 Å². The summed E-state index contributed by atoms with van der Waals surface area (Å²) in [6, 6.07) is 12.4. The molecule has 1 aliphatic heterocycles. The first kappa shape index (κ1) is 21.2. The minimum Gasteiger partial charge on any atom is -0.488 e. The molecule has 1 saturated heterocycles. The summed E-state index contributed by atoms with van der Waals surface area (Å²) in [5, 5.41) is 0. The van der Waals surface area contributed by atoms with Crippen LogP contribution in [0.25, 0.3) is 0 Å². The van der Waals surface area contributed by atoms with Crippen LogP contribution in [-0.2, 0) is 35.4 Å². The van der Waals surface area contributed by atoms with Crippen molar-refractivity contribution in [2.75, 3.05) is 18.6 Å². The van der Waals surface area contributed by atoms with E-state index in [1.54, 1.807) is 0 Å². The summed E-state index contributed by atoms with van der Waals surface area (Å²) in [5.41, 5.74) is 6.09. The lowest BCUT2D eigenvalue weighted by atomic mass is 9.95. The topological polar surface area (TPSA) is 38.8 Å². The first-order chi connectivity index (χ1) is 14.1. The lowest BCUT2D eigenvalue weighted by molar-refractivity contribution is -0.141. The number of benzene rings is 2. The van der Waals surface area contributed by atoms with Crippen LogP contribution in [0.2, 0.25) is 0 Å². The van der Waals surface area contributed by atoms with E-state index in [-0.39, 0.29) is 12.0 Å². The third-order valence-electron chi connectivity index (χ3n) is 5.86. The maximum atomic E-state index is 12.4. The zero-order valence-corrected chi connectivity index (χ0v) is 18.2. The number of hydrogen-bond acceptors (Lipinski definition) is 4. The Morgan fingerprint density at radius 1 is 1.07 bits per heavy atom. The fraction of sp³-hybridized carbons (Fsp3) is 0.480. The van der Waals surface area contributed by atoms with Crippen molar-refractivity contribution in [3.05, 3.63) is 58.7 Å². The van der Waals surface area contributed by atoms with Crippen LogP contribution in [0, 0.1) is 0 Å². The van der Waals surface area contributed by atoms with Gasteiger partial charge in [-0.3, -0.25) is 0 Å². The highest BCUT2D eigenvalue weighted by Gasteiger charge is 2.35. The first-order valence-corrected chi connectivity index (χ1v) is 10.8. The molecule has 3 rings (SSSR count). The molecule has 0 spiro atoms. The number of ether oxygens (including phenoxy) is 2. The highest BCUT2D eigenvalue weighted by Crippen LogP contribution is 2.41. The standard InChI is InChI=1S/C25H33NO3/c1-5-19-16-20(6-2)24(29-17-18-12-9-8-10-13-18)21(7-3)23(19)26-15-11-14-22(26)25(27)28-4/h8-10,12-13,16,22H,5-7,11,14-15,17H2,1-4H3/t22-/m0/s1. The summed E-state index contributed by atoms with van der Waals surface area (Å²) in [6.45, 7) is 7.97. The fourth-order valence-corrected chi connectivity index (χ4v) is 4.38. The van der Waals surface area contributed by atoms with Gasteiger partial charge in [-0.1, -0.05) is 57.2 Å². The molecule has 1 fully saturated rings. The average Bonchev–Trinajstić information content (AvgIpc) is 3.26. The Morgan fingerprint density at radius 2 is 1.79 bits per heavy atom. The van der Waals surface area contributed by atoms with Crippen molar-refractivity contribution in [3.8, 4) is 5.75 Å². The van der Waals surface area contributed by atoms with Crippen molar-refractivity contribution in [1.29, 1.82) is 0 Å². The number of carbonyl (C=O) groups is 1. The second-order valence-corrected chi connectivity index (χ2v) is 7.56. The van der Waals surface area contributed by atoms with Gasteiger partial charge in [0.2, 0.25) is 0 Å². The number of hydrogen-bond donors (Lipinski definition) is 0. The minimum atomic E-state index is -0.204. The van der Waals surface area contributed by atoms with Gasteiger partial charge in [0.15, 0.2) is 0 Å². The van der Waals surface area contributed by atoms with Crippen LogP contribution < -0.4 is 9.64 Å². The fourth-order valence-electron chi connectivity index (χ4n) is 4.38. The number of anilines is 1. The second-order valence-electron chi connectivity index (χ2n) is 7.56. The van der Waals surface area contributed by atoms with Gasteiger partial charge in [-0.25, -0.2) is 4.79 Å². The van der Waals surface area contributed by atoms with Gasteiger partial charge in [-0.15, -0.1) is 0 Å². The summed E-state index contributed by atoms with van der Waals surface area (Å²) >= 11 is 0. The highest BCUT2D eigenvalue weighted by molar-refractivity contribution is 5.82. The van der Waals surface area contributed by atoms with Gasteiger partial charge in [0.05, 0.1) is 7.11 Å². The summed E-state index contributed by atoms with van der Waals surface area (Å²) in [4.78, 5) is 14.7. The molecule has 1 heterocycles. The first-order valence-electron chi connectivity index (χ1n) is 10.8. The van der Waals surface area contributed by atoms with Crippen molar-refractivity contribution < 1.29 is 14.3 Å². The van der Waals surface area contributed by atoms with Gasteiger partial charge in [0.1, 0.15) is 18.4 Å². The molecule has 0 aromatic heterocycles. The second kappa shape index (κ2) is 9.82. The largest absolute Gasteiger partial charge is 0.488 e. The van der Waals surface area contributed by atoms with E-state index in [0.717, 1.165) is 50.0 Å². The van der Waals surface area contributed by atoms with E-state index in [4.69, 9.17) is 9.47 Å². The van der Waals surface area contributed by atoms with Crippen LogP contribution in [0.15, 0.2) is 36.4 Å². The molecule has 1 atom stereocenters. The van der Waals surface area contributed by atoms with Gasteiger partial charge in [-0.2, -0.15) is 0 Å². The molecule has 0 amide bonds. The van der Waals surface area contributed by atoms with Crippen molar-refractivity contribution in [2.24, 2.45) is 0 Å². The molecule has 2 aromatic carbocycles. The van der Waals surface area contributed by atoms with Gasteiger partial charge < -0.3 is 14.4 Å². The number of rotatable bonds is 8. The number of aryl methyl sites for hydroxylation is 2. The van der Waals surface area contributed by atoms with Crippen LogP contribution in [0.4, 0.5) is 5.69 Å². The van der Waals surface area contributed by atoms with Crippen LogP contribution >= 0.6 is 0 Å². The Morgan fingerprint density at radius 3 is 2.41 bits per heavy atom. The molecule has 1 aliphatic rings. The quantitative estimate of drug-likeness (QED) is 0.583. The van der Waals surface area contributed by atoms with E-state index < -0.39 is 0 Å². The molecule has 0 saturated carbocycles. The monoisotopic (exact) mass is 395 g/mol. The predicted molar refractivity (Wildman–Crippen MR) is 118 cm³/mol. The van der Waals surface area contributed by atoms with E-state index in [1.165, 1.54) is 29.5 Å². The number of carbonyl (C=O) groups excluding carboxylic acids is 1. The molecule has 0 aliphatic carbocycles. The maximum absolute atomic E-state index is 12.4. The third-order valence-corrected chi connectivity index (χ3v) is 5.86. The Bertz CT molecular complexity index is 832. The van der Waals surface area contributed by atoms with E-state index in [0.29, 0.717) is 6.61 Å². The average molecular weight is 396 g/mol. The highest BCUT2D eigenvalue weighted by atomic mass is 16.5. The van der Waals surface area contributed by atoms with Crippen LogP contribution in [0.3, 0.4) is 0 Å². The lowest BCUT2D eigenvalue weighted by Gasteiger charge is -2.31. The van der Waals surface area contributed by atoms with Crippen molar-refractivity contribution in [2.45, 2.75) is 65.5 Å². The van der Waals surface area contributed by atoms with Gasteiger partial charge >= 0.3 is 5.97 Å². The molecule has 29 heavy (non-hydrogen) atoms. The van der Waals surface area contributed by atoms with Crippen molar-refractivity contribution in [1.82, 2.24) is 0 Å².